The summed E-state index contributed by atoms with van der Waals surface area (Å²) in [5.41, 5.74) is 1.43. The standard InChI is InChI=1S/C10H12N2O3/c1-7-9(8(2)15-11-3)5-4-6-10(7)12(13)14/h4-6,8H,3H2,1-2H3. The van der Waals surface area contributed by atoms with Crippen molar-refractivity contribution in [2.75, 3.05) is 0 Å². The molecule has 0 spiro atoms. The average Bonchev–Trinajstić information content (AvgIpc) is 2.17. The van der Waals surface area contributed by atoms with Crippen molar-refractivity contribution in [3.05, 3.63) is 39.4 Å². The number of nitro groups is 1. The maximum Gasteiger partial charge on any atom is 0.272 e. The lowest BCUT2D eigenvalue weighted by Crippen LogP contribution is -2.01. The van der Waals surface area contributed by atoms with Gasteiger partial charge in [-0.15, -0.1) is 5.16 Å². The van der Waals surface area contributed by atoms with E-state index in [4.69, 9.17) is 4.84 Å². The van der Waals surface area contributed by atoms with Crippen LogP contribution >= 0.6 is 0 Å². The molecule has 0 heterocycles. The third kappa shape index (κ3) is 2.31. The maximum absolute atomic E-state index is 10.7. The maximum atomic E-state index is 10.7. The number of rotatable bonds is 4. The fourth-order valence-corrected chi connectivity index (χ4v) is 1.45. The summed E-state index contributed by atoms with van der Waals surface area (Å²) >= 11 is 0. The van der Waals surface area contributed by atoms with Gasteiger partial charge >= 0.3 is 0 Å². The Morgan fingerprint density at radius 1 is 1.60 bits per heavy atom. The summed E-state index contributed by atoms with van der Waals surface area (Å²) in [5.74, 6) is 0. The van der Waals surface area contributed by atoms with Crippen LogP contribution in [0.25, 0.3) is 0 Å². The van der Waals surface area contributed by atoms with Crippen LogP contribution < -0.4 is 0 Å². The topological polar surface area (TPSA) is 64.7 Å². The molecule has 15 heavy (non-hydrogen) atoms. The molecule has 0 fully saturated rings. The summed E-state index contributed by atoms with van der Waals surface area (Å²) in [6.07, 6.45) is -0.331. The summed E-state index contributed by atoms with van der Waals surface area (Å²) in [5, 5.41) is 14.0. The van der Waals surface area contributed by atoms with Crippen molar-refractivity contribution >= 4 is 12.4 Å². The third-order valence-corrected chi connectivity index (χ3v) is 2.21. The van der Waals surface area contributed by atoms with Gasteiger partial charge in [-0.3, -0.25) is 10.1 Å². The minimum Gasteiger partial charge on any atom is -0.389 e. The molecule has 1 aromatic carbocycles. The SMILES string of the molecule is C=NOC(C)c1cccc([N+](=O)[O-])c1C. The molecule has 0 aliphatic heterocycles. The summed E-state index contributed by atoms with van der Waals surface area (Å²) in [6.45, 7) is 6.66. The number of hydrogen-bond donors (Lipinski definition) is 0. The number of nitro benzene ring substituents is 1. The van der Waals surface area contributed by atoms with E-state index >= 15 is 0 Å². The van der Waals surface area contributed by atoms with Crippen LogP contribution in [0.2, 0.25) is 0 Å². The molecule has 0 radical (unpaired) electrons. The molecular weight excluding hydrogens is 196 g/mol. The quantitative estimate of drug-likeness (QED) is 0.434. The fraction of sp³-hybridized carbons (Fsp3) is 0.300. The molecular formula is C10H12N2O3. The number of oxime groups is 1. The van der Waals surface area contributed by atoms with Crippen molar-refractivity contribution in [2.24, 2.45) is 5.16 Å². The van der Waals surface area contributed by atoms with Crippen LogP contribution in [-0.2, 0) is 4.84 Å². The largest absolute Gasteiger partial charge is 0.389 e. The highest BCUT2D eigenvalue weighted by molar-refractivity contribution is 5.45. The molecule has 0 N–H and O–H groups in total. The van der Waals surface area contributed by atoms with Crippen LogP contribution in [0.3, 0.4) is 0 Å². The van der Waals surface area contributed by atoms with Crippen LogP contribution in [0.15, 0.2) is 23.4 Å². The second-order valence-electron chi connectivity index (χ2n) is 3.13. The first kappa shape index (κ1) is 11.2. The first-order valence-corrected chi connectivity index (χ1v) is 4.43. The van der Waals surface area contributed by atoms with Gasteiger partial charge in [-0.1, -0.05) is 12.1 Å². The van der Waals surface area contributed by atoms with Crippen LogP contribution in [0.1, 0.15) is 24.2 Å². The zero-order valence-electron chi connectivity index (χ0n) is 8.64. The van der Waals surface area contributed by atoms with Gasteiger partial charge in [0.2, 0.25) is 0 Å². The first-order chi connectivity index (χ1) is 7.07. The molecule has 1 unspecified atom stereocenters. The van der Waals surface area contributed by atoms with Gasteiger partial charge in [0.15, 0.2) is 0 Å². The molecule has 1 aromatic rings. The van der Waals surface area contributed by atoms with Crippen LogP contribution in [0, 0.1) is 17.0 Å². The van der Waals surface area contributed by atoms with Gasteiger partial charge in [0, 0.05) is 23.9 Å². The first-order valence-electron chi connectivity index (χ1n) is 4.43. The van der Waals surface area contributed by atoms with E-state index in [1.165, 1.54) is 6.07 Å². The Kier molecular flexibility index (Phi) is 3.38. The van der Waals surface area contributed by atoms with Gasteiger partial charge in [-0.2, -0.15) is 0 Å². The van der Waals surface area contributed by atoms with Gasteiger partial charge in [-0.25, -0.2) is 0 Å². The average molecular weight is 208 g/mol. The van der Waals surface area contributed by atoms with Crippen molar-refractivity contribution in [3.8, 4) is 0 Å². The third-order valence-electron chi connectivity index (χ3n) is 2.21. The minimum absolute atomic E-state index is 0.0898. The molecule has 0 amide bonds. The minimum atomic E-state index is -0.410. The van der Waals surface area contributed by atoms with Crippen LogP contribution in [0.4, 0.5) is 5.69 Å². The predicted octanol–water partition coefficient (Wildman–Crippen LogP) is 2.60. The van der Waals surface area contributed by atoms with Gasteiger partial charge < -0.3 is 4.84 Å². The fourth-order valence-electron chi connectivity index (χ4n) is 1.45. The van der Waals surface area contributed by atoms with E-state index in [1.807, 2.05) is 0 Å². The Balaban J connectivity index is 3.14. The second kappa shape index (κ2) is 4.54. The molecule has 0 aliphatic rings. The smallest absolute Gasteiger partial charge is 0.272 e. The number of hydrogen-bond acceptors (Lipinski definition) is 4. The second-order valence-corrected chi connectivity index (χ2v) is 3.13. The van der Waals surface area contributed by atoms with Gasteiger partial charge in [0.05, 0.1) is 4.92 Å². The van der Waals surface area contributed by atoms with Crippen LogP contribution in [0.5, 0.6) is 0 Å². The lowest BCUT2D eigenvalue weighted by atomic mass is 10.0. The highest BCUT2D eigenvalue weighted by atomic mass is 16.6. The van der Waals surface area contributed by atoms with E-state index in [2.05, 4.69) is 11.9 Å². The Morgan fingerprint density at radius 2 is 2.27 bits per heavy atom. The van der Waals surface area contributed by atoms with Crippen molar-refractivity contribution in [1.29, 1.82) is 0 Å². The monoisotopic (exact) mass is 208 g/mol. The normalized spacial score (nSPS) is 11.9. The molecule has 1 atom stereocenters. The summed E-state index contributed by atoms with van der Waals surface area (Å²) < 4.78 is 0. The summed E-state index contributed by atoms with van der Waals surface area (Å²) in [7, 11) is 0. The van der Waals surface area contributed by atoms with Crippen LogP contribution in [-0.4, -0.2) is 11.6 Å². The Morgan fingerprint density at radius 3 is 2.80 bits per heavy atom. The van der Waals surface area contributed by atoms with Crippen molar-refractivity contribution in [2.45, 2.75) is 20.0 Å². The zero-order chi connectivity index (χ0) is 11.4. The predicted molar refractivity (Wildman–Crippen MR) is 56.9 cm³/mol. The van der Waals surface area contributed by atoms with Crippen molar-refractivity contribution in [1.82, 2.24) is 0 Å². The zero-order valence-corrected chi connectivity index (χ0v) is 8.64. The molecule has 0 aromatic heterocycles. The molecule has 1 rings (SSSR count). The molecule has 80 valence electrons. The number of benzene rings is 1. The lowest BCUT2D eigenvalue weighted by molar-refractivity contribution is -0.385. The highest BCUT2D eigenvalue weighted by Gasteiger charge is 2.17. The summed E-state index contributed by atoms with van der Waals surface area (Å²) in [6, 6.07) is 4.87. The highest BCUT2D eigenvalue weighted by Crippen LogP contribution is 2.27. The molecule has 0 saturated heterocycles. The number of nitrogens with zero attached hydrogens (tertiary/aromatic N) is 2. The van der Waals surface area contributed by atoms with E-state index in [9.17, 15) is 10.1 Å². The summed E-state index contributed by atoms with van der Waals surface area (Å²) in [4.78, 5) is 15.2. The van der Waals surface area contributed by atoms with Gasteiger partial charge in [-0.05, 0) is 13.8 Å². The van der Waals surface area contributed by atoms with E-state index < -0.39 is 4.92 Å². The van der Waals surface area contributed by atoms with E-state index in [1.54, 1.807) is 26.0 Å². The Labute approximate surface area is 87.5 Å². The molecule has 5 heteroatoms. The molecule has 0 bridgehead atoms. The van der Waals surface area contributed by atoms with Crippen molar-refractivity contribution < 1.29 is 9.76 Å². The Hall–Kier alpha value is -1.91. The molecule has 5 nitrogen and oxygen atoms in total. The molecule has 0 saturated carbocycles. The Bertz CT molecular complexity index is 390. The van der Waals surface area contributed by atoms with Crippen molar-refractivity contribution in [3.63, 3.8) is 0 Å². The van der Waals surface area contributed by atoms with Gasteiger partial charge in [0.1, 0.15) is 6.10 Å². The lowest BCUT2D eigenvalue weighted by Gasteiger charge is -2.11. The van der Waals surface area contributed by atoms with E-state index in [-0.39, 0.29) is 11.8 Å². The molecule has 0 aliphatic carbocycles. The van der Waals surface area contributed by atoms with E-state index in [0.29, 0.717) is 5.56 Å². The van der Waals surface area contributed by atoms with Gasteiger partial charge in [0.25, 0.3) is 5.69 Å². The van der Waals surface area contributed by atoms with E-state index in [0.717, 1.165) is 5.56 Å².